The summed E-state index contributed by atoms with van der Waals surface area (Å²) in [4.78, 5) is 32.7. The zero-order chi connectivity index (χ0) is 27.7. The minimum absolute atomic E-state index is 0.108. The van der Waals surface area contributed by atoms with E-state index in [1.807, 2.05) is 103 Å². The summed E-state index contributed by atoms with van der Waals surface area (Å²) < 4.78 is 10.9. The summed E-state index contributed by atoms with van der Waals surface area (Å²) in [5.41, 5.74) is 3.29. The van der Waals surface area contributed by atoms with Gasteiger partial charge in [-0.1, -0.05) is 60.7 Å². The first-order valence-corrected chi connectivity index (χ1v) is 13.4. The fourth-order valence-electron chi connectivity index (χ4n) is 3.94. The Balaban J connectivity index is 1.29. The second-order valence-corrected chi connectivity index (χ2v) is 9.86. The lowest BCUT2D eigenvalue weighted by atomic mass is 10.2. The number of nitrogens with one attached hydrogen (secondary N) is 1. The molecule has 2 amide bonds. The maximum Gasteiger partial charge on any atom is 0.267 e. The van der Waals surface area contributed by atoms with Crippen molar-refractivity contribution in [1.82, 2.24) is 4.90 Å². The highest BCUT2D eigenvalue weighted by Gasteiger charge is 2.33. The smallest absolute Gasteiger partial charge is 0.267 e. The number of thioether (sulfide) groups is 1. The molecule has 0 atom stereocenters. The lowest BCUT2D eigenvalue weighted by molar-refractivity contribution is -0.122. The molecule has 1 heterocycles. The zero-order valence-electron chi connectivity index (χ0n) is 21.8. The average molecular weight is 550 g/mol. The van der Waals surface area contributed by atoms with Gasteiger partial charge in [0.1, 0.15) is 11.5 Å². The number of methoxy groups -OCH3 is 1. The molecule has 4 aromatic rings. The number of para-hydroxylation sites is 2. The van der Waals surface area contributed by atoms with Crippen LogP contribution in [-0.4, -0.2) is 35.6 Å². The molecule has 0 bridgehead atoms. The van der Waals surface area contributed by atoms with Crippen LogP contribution in [0.4, 0.5) is 11.4 Å². The third-order valence-electron chi connectivity index (χ3n) is 5.97. The average Bonchev–Trinajstić information content (AvgIpc) is 3.27. The van der Waals surface area contributed by atoms with Crippen LogP contribution < -0.4 is 14.8 Å². The fraction of sp³-hybridized carbons (Fsp3) is 0.0938. The number of anilines is 1. The van der Waals surface area contributed by atoms with Gasteiger partial charge in [-0.3, -0.25) is 14.5 Å². The van der Waals surface area contributed by atoms with Gasteiger partial charge in [-0.05, 0) is 77.5 Å². The number of amidine groups is 1. The number of hydrogen-bond donors (Lipinski definition) is 1. The molecule has 0 aromatic heterocycles. The molecular formula is C32H27N3O4S. The predicted octanol–water partition coefficient (Wildman–Crippen LogP) is 6.52. The number of carbonyl (C=O) groups is 2. The van der Waals surface area contributed by atoms with Crippen LogP contribution in [0.15, 0.2) is 119 Å². The molecule has 1 fully saturated rings. The Labute approximate surface area is 237 Å². The van der Waals surface area contributed by atoms with Gasteiger partial charge >= 0.3 is 0 Å². The van der Waals surface area contributed by atoms with Crippen LogP contribution >= 0.6 is 11.8 Å². The van der Waals surface area contributed by atoms with Gasteiger partial charge in [0.25, 0.3) is 11.8 Å². The number of rotatable bonds is 9. The molecule has 1 saturated heterocycles. The lowest BCUT2D eigenvalue weighted by Gasteiger charge is -2.16. The summed E-state index contributed by atoms with van der Waals surface area (Å²) in [6, 6.07) is 33.7. The van der Waals surface area contributed by atoms with Gasteiger partial charge in [0, 0.05) is 5.69 Å². The number of aliphatic imine (C=N–C) groups is 1. The van der Waals surface area contributed by atoms with Crippen LogP contribution in [0.5, 0.6) is 11.5 Å². The van der Waals surface area contributed by atoms with Crippen molar-refractivity contribution in [3.05, 3.63) is 125 Å². The lowest BCUT2D eigenvalue weighted by Crippen LogP contribution is -2.28. The van der Waals surface area contributed by atoms with Crippen molar-refractivity contribution in [3.63, 3.8) is 0 Å². The van der Waals surface area contributed by atoms with Crippen molar-refractivity contribution in [2.75, 3.05) is 19.0 Å². The molecule has 0 radical (unpaired) electrons. The third kappa shape index (κ3) is 6.98. The third-order valence-corrected chi connectivity index (χ3v) is 6.98. The highest BCUT2D eigenvalue weighted by molar-refractivity contribution is 8.18. The summed E-state index contributed by atoms with van der Waals surface area (Å²) in [6.07, 6.45) is 1.84. The Morgan fingerprint density at radius 3 is 2.20 bits per heavy atom. The SMILES string of the molecule is COc1ccc(CN2C(=O)/C(=C/c3ccc(OCC(=O)Nc4ccccc4)cc3)SC2=Nc2ccccc2)cc1. The normalized spacial score (nSPS) is 14.9. The maximum absolute atomic E-state index is 13.5. The van der Waals surface area contributed by atoms with E-state index in [2.05, 4.69) is 5.32 Å². The molecule has 4 aromatic carbocycles. The minimum Gasteiger partial charge on any atom is -0.497 e. The second kappa shape index (κ2) is 12.8. The van der Waals surface area contributed by atoms with Gasteiger partial charge in [0.05, 0.1) is 24.2 Å². The van der Waals surface area contributed by atoms with E-state index in [0.29, 0.717) is 28.1 Å². The number of nitrogens with zero attached hydrogens (tertiary/aromatic N) is 2. The zero-order valence-corrected chi connectivity index (χ0v) is 22.6. The molecule has 1 N–H and O–H groups in total. The van der Waals surface area contributed by atoms with Crippen LogP contribution in [0.25, 0.3) is 6.08 Å². The van der Waals surface area contributed by atoms with E-state index in [1.54, 1.807) is 24.1 Å². The fourth-order valence-corrected chi connectivity index (χ4v) is 4.93. The largest absolute Gasteiger partial charge is 0.497 e. The Bertz CT molecular complexity index is 1520. The van der Waals surface area contributed by atoms with E-state index in [1.165, 1.54) is 11.8 Å². The summed E-state index contributed by atoms with van der Waals surface area (Å²) in [5, 5.41) is 3.40. The first-order valence-electron chi connectivity index (χ1n) is 12.6. The molecule has 0 aliphatic carbocycles. The van der Waals surface area contributed by atoms with E-state index >= 15 is 0 Å². The summed E-state index contributed by atoms with van der Waals surface area (Å²) in [7, 11) is 1.62. The van der Waals surface area contributed by atoms with Crippen molar-refractivity contribution in [3.8, 4) is 11.5 Å². The van der Waals surface area contributed by atoms with Gasteiger partial charge in [-0.15, -0.1) is 0 Å². The molecule has 5 rings (SSSR count). The molecule has 0 spiro atoms. The molecule has 0 saturated carbocycles. The van der Waals surface area contributed by atoms with Crippen molar-refractivity contribution in [2.24, 2.45) is 4.99 Å². The summed E-state index contributed by atoms with van der Waals surface area (Å²) in [6.45, 7) is 0.278. The predicted molar refractivity (Wildman–Crippen MR) is 160 cm³/mol. The maximum atomic E-state index is 13.5. The van der Waals surface area contributed by atoms with E-state index in [4.69, 9.17) is 14.5 Å². The first kappa shape index (κ1) is 26.8. The second-order valence-electron chi connectivity index (χ2n) is 8.85. The number of carbonyl (C=O) groups excluding carboxylic acids is 2. The Morgan fingerprint density at radius 2 is 1.52 bits per heavy atom. The monoisotopic (exact) mass is 549 g/mol. The highest BCUT2D eigenvalue weighted by atomic mass is 32.2. The van der Waals surface area contributed by atoms with Crippen LogP contribution in [0.3, 0.4) is 0 Å². The Morgan fingerprint density at radius 1 is 0.875 bits per heavy atom. The number of ether oxygens (including phenoxy) is 2. The Kier molecular flexibility index (Phi) is 8.58. The molecular weight excluding hydrogens is 522 g/mol. The molecule has 0 unspecified atom stereocenters. The van der Waals surface area contributed by atoms with Gasteiger partial charge in [0.15, 0.2) is 11.8 Å². The standard InChI is InChI=1S/C32H27N3O4S/c1-38-27-16-14-24(15-17-27)21-35-31(37)29(40-32(35)34-26-10-6-3-7-11-26)20-23-12-18-28(19-13-23)39-22-30(36)33-25-8-4-2-5-9-25/h2-20H,21-22H2,1H3,(H,33,36)/b29-20-,34-32?. The van der Waals surface area contributed by atoms with Gasteiger partial charge in [-0.2, -0.15) is 0 Å². The molecule has 1 aliphatic heterocycles. The first-order chi connectivity index (χ1) is 19.6. The van der Waals surface area contributed by atoms with Crippen molar-refractivity contribution < 1.29 is 19.1 Å². The van der Waals surface area contributed by atoms with Crippen LogP contribution in [0, 0.1) is 0 Å². The Hall–Kier alpha value is -4.82. The van der Waals surface area contributed by atoms with E-state index in [0.717, 1.165) is 22.6 Å². The molecule has 7 nitrogen and oxygen atoms in total. The van der Waals surface area contributed by atoms with Crippen molar-refractivity contribution in [1.29, 1.82) is 0 Å². The number of amides is 2. The summed E-state index contributed by atoms with van der Waals surface area (Å²) >= 11 is 1.34. The molecule has 1 aliphatic rings. The van der Waals surface area contributed by atoms with Crippen molar-refractivity contribution in [2.45, 2.75) is 6.54 Å². The van der Waals surface area contributed by atoms with Crippen molar-refractivity contribution >= 4 is 46.2 Å². The van der Waals surface area contributed by atoms with E-state index in [9.17, 15) is 9.59 Å². The minimum atomic E-state index is -0.243. The quantitative estimate of drug-likeness (QED) is 0.241. The van der Waals surface area contributed by atoms with Crippen LogP contribution in [-0.2, 0) is 16.1 Å². The number of hydrogen-bond acceptors (Lipinski definition) is 6. The number of benzene rings is 4. The van der Waals surface area contributed by atoms with E-state index in [-0.39, 0.29) is 18.4 Å². The van der Waals surface area contributed by atoms with Gasteiger partial charge < -0.3 is 14.8 Å². The topological polar surface area (TPSA) is 80.2 Å². The van der Waals surface area contributed by atoms with Crippen LogP contribution in [0.1, 0.15) is 11.1 Å². The summed E-state index contributed by atoms with van der Waals surface area (Å²) in [5.74, 6) is 0.957. The molecule has 40 heavy (non-hydrogen) atoms. The van der Waals surface area contributed by atoms with Gasteiger partial charge in [0.2, 0.25) is 0 Å². The van der Waals surface area contributed by atoms with E-state index < -0.39 is 0 Å². The molecule has 8 heteroatoms. The highest BCUT2D eigenvalue weighted by Crippen LogP contribution is 2.35. The van der Waals surface area contributed by atoms with Crippen LogP contribution in [0.2, 0.25) is 0 Å². The molecule has 200 valence electrons. The van der Waals surface area contributed by atoms with Gasteiger partial charge in [-0.25, -0.2) is 4.99 Å².